The van der Waals surface area contributed by atoms with Crippen molar-refractivity contribution in [2.45, 2.75) is 32.2 Å². The maximum absolute atomic E-state index is 5.59. The molecule has 0 radical (unpaired) electrons. The molecule has 0 bridgehead atoms. The highest BCUT2D eigenvalue weighted by molar-refractivity contribution is 14.0. The fourth-order valence-electron chi connectivity index (χ4n) is 4.42. The highest BCUT2D eigenvalue weighted by Crippen LogP contribution is 2.32. The molecule has 2 aliphatic heterocycles. The fraction of sp³-hybridized carbons (Fsp3) is 0.708. The van der Waals surface area contributed by atoms with Crippen LogP contribution in [0.1, 0.15) is 37.8 Å². The number of rotatable bonds is 10. The Balaban J connectivity index is 0.00000385. The number of nitrogens with zero attached hydrogens (tertiary/aromatic N) is 3. The molecule has 0 saturated carbocycles. The van der Waals surface area contributed by atoms with Gasteiger partial charge in [-0.1, -0.05) is 12.5 Å². The number of halogens is 1. The molecule has 8 nitrogen and oxygen atoms in total. The molecule has 1 atom stereocenters. The summed E-state index contributed by atoms with van der Waals surface area (Å²) in [7, 11) is 3.35. The first-order chi connectivity index (χ1) is 15.7. The zero-order valence-corrected chi connectivity index (χ0v) is 22.8. The van der Waals surface area contributed by atoms with E-state index in [-0.39, 0.29) is 30.0 Å². The minimum atomic E-state index is 0. The van der Waals surface area contributed by atoms with Crippen molar-refractivity contribution in [3.05, 3.63) is 23.8 Å². The predicted molar refractivity (Wildman–Crippen MR) is 144 cm³/mol. The van der Waals surface area contributed by atoms with E-state index in [2.05, 4.69) is 39.5 Å². The number of morpholine rings is 1. The summed E-state index contributed by atoms with van der Waals surface area (Å²) in [4.78, 5) is 9.96. The predicted octanol–water partition coefficient (Wildman–Crippen LogP) is 2.74. The Bertz CT molecular complexity index is 709. The molecule has 2 saturated heterocycles. The summed E-state index contributed by atoms with van der Waals surface area (Å²) in [5.41, 5.74) is 1.18. The number of nitrogens with one attached hydrogen (secondary N) is 2. The van der Waals surface area contributed by atoms with Crippen LogP contribution in [0.3, 0.4) is 0 Å². The lowest BCUT2D eigenvalue weighted by Crippen LogP contribution is -2.44. The Kier molecular flexibility index (Phi) is 13.2. The van der Waals surface area contributed by atoms with Crippen LogP contribution in [-0.4, -0.2) is 95.6 Å². The molecule has 2 N–H and O–H groups in total. The average Bonchev–Trinajstić information content (AvgIpc) is 2.85. The number of ether oxygens (including phenoxy) is 3. The lowest BCUT2D eigenvalue weighted by atomic mass is 10.0. The number of hydrogen-bond acceptors (Lipinski definition) is 6. The van der Waals surface area contributed by atoms with E-state index in [4.69, 9.17) is 19.2 Å². The van der Waals surface area contributed by atoms with E-state index < -0.39 is 0 Å². The highest BCUT2D eigenvalue weighted by atomic mass is 127. The zero-order chi connectivity index (χ0) is 22.6. The molecule has 0 amide bonds. The van der Waals surface area contributed by atoms with Gasteiger partial charge in [0, 0.05) is 32.7 Å². The van der Waals surface area contributed by atoms with Crippen LogP contribution < -0.4 is 20.1 Å². The number of aliphatic imine (C=N–C) groups is 1. The fourth-order valence-corrected chi connectivity index (χ4v) is 4.42. The van der Waals surface area contributed by atoms with Gasteiger partial charge in [0.1, 0.15) is 0 Å². The van der Waals surface area contributed by atoms with Crippen molar-refractivity contribution in [3.8, 4) is 11.5 Å². The summed E-state index contributed by atoms with van der Waals surface area (Å²) in [5, 5.41) is 6.93. The topological polar surface area (TPSA) is 70.6 Å². The Labute approximate surface area is 216 Å². The van der Waals surface area contributed by atoms with Crippen LogP contribution in [0, 0.1) is 0 Å². The van der Waals surface area contributed by atoms with Crippen molar-refractivity contribution in [3.63, 3.8) is 0 Å². The van der Waals surface area contributed by atoms with Crippen LogP contribution in [0.5, 0.6) is 11.5 Å². The second kappa shape index (κ2) is 15.6. The number of methoxy groups -OCH3 is 2. The van der Waals surface area contributed by atoms with Gasteiger partial charge in [-0.2, -0.15) is 0 Å². The Morgan fingerprint density at radius 1 is 1.03 bits per heavy atom. The molecule has 2 fully saturated rings. The highest BCUT2D eigenvalue weighted by Gasteiger charge is 2.24. The van der Waals surface area contributed by atoms with E-state index in [1.54, 1.807) is 14.2 Å². The number of benzene rings is 1. The van der Waals surface area contributed by atoms with Crippen molar-refractivity contribution in [2.24, 2.45) is 4.99 Å². The Morgan fingerprint density at radius 2 is 1.76 bits per heavy atom. The molecule has 1 aromatic carbocycles. The molecule has 9 heteroatoms. The van der Waals surface area contributed by atoms with Gasteiger partial charge in [0.2, 0.25) is 0 Å². The maximum atomic E-state index is 5.59. The minimum absolute atomic E-state index is 0. The standard InChI is InChI=1S/C24H41N5O3.HI/c1-4-25-24(26-10-13-28-11-6-5-7-12-28)27-19-21(29-14-16-32-17-15-29)20-8-9-22(30-2)23(18-20)31-3;/h8-9,18,21H,4-7,10-17,19H2,1-3H3,(H2,25,26,27);1H. The smallest absolute Gasteiger partial charge is 0.191 e. The third-order valence-electron chi connectivity index (χ3n) is 6.21. The summed E-state index contributed by atoms with van der Waals surface area (Å²) in [6, 6.07) is 6.32. The van der Waals surface area contributed by atoms with E-state index in [0.29, 0.717) is 6.54 Å². The van der Waals surface area contributed by atoms with Gasteiger partial charge in [-0.15, -0.1) is 24.0 Å². The first-order valence-corrected chi connectivity index (χ1v) is 12.0. The summed E-state index contributed by atoms with van der Waals surface area (Å²) in [5.74, 6) is 2.37. The molecule has 2 heterocycles. The monoisotopic (exact) mass is 575 g/mol. The first-order valence-electron chi connectivity index (χ1n) is 12.0. The summed E-state index contributed by atoms with van der Waals surface area (Å²) in [6.45, 7) is 11.3. The summed E-state index contributed by atoms with van der Waals surface area (Å²) >= 11 is 0. The van der Waals surface area contributed by atoms with Gasteiger partial charge in [-0.3, -0.25) is 9.89 Å². The van der Waals surface area contributed by atoms with Crippen LogP contribution in [0.25, 0.3) is 0 Å². The SMILES string of the molecule is CCNC(=NCC(c1ccc(OC)c(OC)c1)N1CCOCC1)NCCN1CCCCC1.I. The molecule has 188 valence electrons. The average molecular weight is 576 g/mol. The normalized spacial score (nSPS) is 18.8. The molecular weight excluding hydrogens is 533 g/mol. The number of likely N-dealkylation sites (tertiary alicyclic amines) is 1. The molecule has 0 aromatic heterocycles. The van der Waals surface area contributed by atoms with E-state index in [1.165, 1.54) is 37.9 Å². The van der Waals surface area contributed by atoms with Crippen molar-refractivity contribution in [1.82, 2.24) is 20.4 Å². The van der Waals surface area contributed by atoms with Crippen LogP contribution in [-0.2, 0) is 4.74 Å². The second-order valence-corrected chi connectivity index (χ2v) is 8.33. The molecule has 2 aliphatic rings. The van der Waals surface area contributed by atoms with Crippen molar-refractivity contribution < 1.29 is 14.2 Å². The van der Waals surface area contributed by atoms with Crippen LogP contribution in [0.4, 0.5) is 0 Å². The van der Waals surface area contributed by atoms with Crippen LogP contribution >= 0.6 is 24.0 Å². The summed E-state index contributed by atoms with van der Waals surface area (Å²) < 4.78 is 16.6. The van der Waals surface area contributed by atoms with Crippen molar-refractivity contribution in [1.29, 1.82) is 0 Å². The number of piperidine rings is 1. The maximum Gasteiger partial charge on any atom is 0.191 e. The van der Waals surface area contributed by atoms with Crippen molar-refractivity contribution in [2.75, 3.05) is 79.8 Å². The number of guanidine groups is 1. The second-order valence-electron chi connectivity index (χ2n) is 8.33. The van der Waals surface area contributed by atoms with E-state index >= 15 is 0 Å². The van der Waals surface area contributed by atoms with Gasteiger partial charge in [0.05, 0.1) is 40.0 Å². The molecule has 3 rings (SSSR count). The third-order valence-corrected chi connectivity index (χ3v) is 6.21. The van der Waals surface area contributed by atoms with E-state index in [1.807, 2.05) is 6.07 Å². The van der Waals surface area contributed by atoms with Gasteiger partial charge >= 0.3 is 0 Å². The Morgan fingerprint density at radius 3 is 2.42 bits per heavy atom. The quantitative estimate of drug-likeness (QED) is 0.253. The van der Waals surface area contributed by atoms with E-state index in [0.717, 1.165) is 63.4 Å². The lowest BCUT2D eigenvalue weighted by Gasteiger charge is -2.34. The minimum Gasteiger partial charge on any atom is -0.493 e. The van der Waals surface area contributed by atoms with Gasteiger partial charge in [-0.05, 0) is 50.6 Å². The summed E-state index contributed by atoms with van der Waals surface area (Å²) in [6.07, 6.45) is 4.01. The van der Waals surface area contributed by atoms with Crippen molar-refractivity contribution >= 4 is 29.9 Å². The molecule has 1 unspecified atom stereocenters. The molecular formula is C24H42IN5O3. The largest absolute Gasteiger partial charge is 0.493 e. The lowest BCUT2D eigenvalue weighted by molar-refractivity contribution is 0.0179. The molecule has 1 aromatic rings. The molecule has 0 aliphatic carbocycles. The first kappa shape index (κ1) is 27.9. The van der Waals surface area contributed by atoms with Gasteiger partial charge in [0.15, 0.2) is 17.5 Å². The van der Waals surface area contributed by atoms with E-state index in [9.17, 15) is 0 Å². The number of hydrogen-bond donors (Lipinski definition) is 2. The third kappa shape index (κ3) is 8.77. The molecule has 33 heavy (non-hydrogen) atoms. The van der Waals surface area contributed by atoms with Crippen LogP contribution in [0.15, 0.2) is 23.2 Å². The van der Waals surface area contributed by atoms with Gasteiger partial charge in [-0.25, -0.2) is 0 Å². The zero-order valence-electron chi connectivity index (χ0n) is 20.5. The molecule has 0 spiro atoms. The van der Waals surface area contributed by atoms with Crippen LogP contribution in [0.2, 0.25) is 0 Å². The van der Waals surface area contributed by atoms with Gasteiger partial charge < -0.3 is 29.7 Å². The Hall–Kier alpha value is -1.30. The van der Waals surface area contributed by atoms with Gasteiger partial charge in [0.25, 0.3) is 0 Å².